The molecule has 1 heteroatoms. The number of hydrogen-bond acceptors (Lipinski definition) is 1. The quantitative estimate of drug-likeness (QED) is 0.629. The first kappa shape index (κ1) is 14.4. The predicted molar refractivity (Wildman–Crippen MR) is 73.8 cm³/mol. The molecule has 1 saturated heterocycles. The Bertz CT molecular complexity index is 291. The SMILES string of the molecule is C=C=C1OC(C)CC1CCC(C)CC(C)(C)C. The fourth-order valence-electron chi connectivity index (χ4n) is 2.94. The standard InChI is InChI=1S/C16H28O/c1-7-15-14(10-13(3)17-15)9-8-12(2)11-16(4,5)6/h12-14H,1,8-11H2,2-6H3. The van der Waals surface area contributed by atoms with Gasteiger partial charge in [-0.1, -0.05) is 40.0 Å². The number of rotatable bonds is 4. The van der Waals surface area contributed by atoms with Crippen LogP contribution in [0.25, 0.3) is 0 Å². The summed E-state index contributed by atoms with van der Waals surface area (Å²) >= 11 is 0. The summed E-state index contributed by atoms with van der Waals surface area (Å²) in [7, 11) is 0. The van der Waals surface area contributed by atoms with Crippen molar-refractivity contribution in [3.8, 4) is 0 Å². The minimum atomic E-state index is 0.349. The van der Waals surface area contributed by atoms with Crippen LogP contribution in [0, 0.1) is 17.3 Å². The maximum atomic E-state index is 5.70. The molecule has 3 unspecified atom stereocenters. The van der Waals surface area contributed by atoms with Gasteiger partial charge in [-0.05, 0) is 43.9 Å². The summed E-state index contributed by atoms with van der Waals surface area (Å²) in [5.74, 6) is 2.35. The van der Waals surface area contributed by atoms with E-state index in [1.807, 2.05) is 0 Å². The van der Waals surface area contributed by atoms with Crippen molar-refractivity contribution in [2.75, 3.05) is 0 Å². The molecule has 0 aromatic carbocycles. The lowest BCUT2D eigenvalue weighted by Crippen LogP contribution is -2.12. The summed E-state index contributed by atoms with van der Waals surface area (Å²) in [4.78, 5) is 0. The van der Waals surface area contributed by atoms with E-state index in [4.69, 9.17) is 4.74 Å². The second-order valence-electron chi connectivity index (χ2n) is 6.85. The molecule has 1 aliphatic heterocycles. The average molecular weight is 236 g/mol. The van der Waals surface area contributed by atoms with Gasteiger partial charge in [0, 0.05) is 5.92 Å². The van der Waals surface area contributed by atoms with Crippen LogP contribution >= 0.6 is 0 Å². The first-order chi connectivity index (χ1) is 7.81. The third-order valence-corrected chi connectivity index (χ3v) is 3.46. The predicted octanol–water partition coefficient (Wildman–Crippen LogP) is 4.93. The van der Waals surface area contributed by atoms with Gasteiger partial charge in [-0.25, -0.2) is 0 Å². The van der Waals surface area contributed by atoms with Crippen molar-refractivity contribution in [3.05, 3.63) is 18.1 Å². The fourth-order valence-corrected chi connectivity index (χ4v) is 2.94. The smallest absolute Gasteiger partial charge is 0.141 e. The Balaban J connectivity index is 2.38. The summed E-state index contributed by atoms with van der Waals surface area (Å²) < 4.78 is 5.70. The van der Waals surface area contributed by atoms with E-state index in [1.165, 1.54) is 19.3 Å². The first-order valence-corrected chi connectivity index (χ1v) is 6.88. The molecule has 0 radical (unpaired) electrons. The Hall–Kier alpha value is -0.680. The second kappa shape index (κ2) is 5.78. The average Bonchev–Trinajstić information content (AvgIpc) is 2.53. The molecule has 0 aliphatic carbocycles. The minimum Gasteiger partial charge on any atom is -0.487 e. The third kappa shape index (κ3) is 5.00. The lowest BCUT2D eigenvalue weighted by Gasteiger charge is -2.23. The van der Waals surface area contributed by atoms with Crippen LogP contribution in [0.2, 0.25) is 0 Å². The highest BCUT2D eigenvalue weighted by Crippen LogP contribution is 2.35. The molecule has 0 bridgehead atoms. The van der Waals surface area contributed by atoms with Crippen LogP contribution in [-0.2, 0) is 4.74 Å². The van der Waals surface area contributed by atoms with Crippen LogP contribution in [-0.4, -0.2) is 6.10 Å². The summed E-state index contributed by atoms with van der Waals surface area (Å²) in [6.45, 7) is 15.2. The maximum absolute atomic E-state index is 5.70. The van der Waals surface area contributed by atoms with E-state index in [-0.39, 0.29) is 0 Å². The molecule has 1 nitrogen and oxygen atoms in total. The van der Waals surface area contributed by atoms with Gasteiger partial charge in [-0.15, -0.1) is 0 Å². The van der Waals surface area contributed by atoms with E-state index in [0.29, 0.717) is 17.4 Å². The molecule has 0 saturated carbocycles. The van der Waals surface area contributed by atoms with E-state index in [0.717, 1.165) is 18.1 Å². The van der Waals surface area contributed by atoms with Gasteiger partial charge < -0.3 is 4.74 Å². The molecule has 0 spiro atoms. The molecular weight excluding hydrogens is 208 g/mol. The fraction of sp³-hybridized carbons (Fsp3) is 0.812. The Morgan fingerprint density at radius 1 is 1.47 bits per heavy atom. The van der Waals surface area contributed by atoms with E-state index in [2.05, 4.69) is 46.9 Å². The van der Waals surface area contributed by atoms with Crippen LogP contribution in [0.1, 0.15) is 60.3 Å². The molecule has 1 heterocycles. The zero-order valence-electron chi connectivity index (χ0n) is 12.2. The van der Waals surface area contributed by atoms with Crippen molar-refractivity contribution in [1.82, 2.24) is 0 Å². The zero-order valence-corrected chi connectivity index (χ0v) is 12.2. The normalized spacial score (nSPS) is 26.5. The lowest BCUT2D eigenvalue weighted by molar-refractivity contribution is 0.177. The van der Waals surface area contributed by atoms with Crippen molar-refractivity contribution in [1.29, 1.82) is 0 Å². The topological polar surface area (TPSA) is 9.23 Å². The van der Waals surface area contributed by atoms with Crippen molar-refractivity contribution in [3.63, 3.8) is 0 Å². The van der Waals surface area contributed by atoms with Crippen LogP contribution in [0.5, 0.6) is 0 Å². The van der Waals surface area contributed by atoms with Crippen molar-refractivity contribution in [2.24, 2.45) is 17.3 Å². The molecule has 0 aromatic heterocycles. The summed E-state index contributed by atoms with van der Waals surface area (Å²) in [5.41, 5.74) is 3.40. The zero-order chi connectivity index (χ0) is 13.1. The molecule has 0 amide bonds. The number of ether oxygens (including phenoxy) is 1. The summed E-state index contributed by atoms with van der Waals surface area (Å²) in [6, 6.07) is 0. The Morgan fingerprint density at radius 3 is 2.65 bits per heavy atom. The van der Waals surface area contributed by atoms with Crippen molar-refractivity contribution < 1.29 is 4.74 Å². The van der Waals surface area contributed by atoms with Gasteiger partial charge in [0.1, 0.15) is 5.76 Å². The van der Waals surface area contributed by atoms with Gasteiger partial charge in [-0.2, -0.15) is 0 Å². The van der Waals surface area contributed by atoms with E-state index < -0.39 is 0 Å². The summed E-state index contributed by atoms with van der Waals surface area (Å²) in [5, 5.41) is 0. The first-order valence-electron chi connectivity index (χ1n) is 6.88. The summed E-state index contributed by atoms with van der Waals surface area (Å²) in [6.07, 6.45) is 5.29. The van der Waals surface area contributed by atoms with Gasteiger partial charge in [0.05, 0.1) is 6.10 Å². The van der Waals surface area contributed by atoms with E-state index in [9.17, 15) is 0 Å². The van der Waals surface area contributed by atoms with Gasteiger partial charge in [0.25, 0.3) is 0 Å². The van der Waals surface area contributed by atoms with Gasteiger partial charge in [0.15, 0.2) is 0 Å². The van der Waals surface area contributed by atoms with Crippen LogP contribution in [0.4, 0.5) is 0 Å². The van der Waals surface area contributed by atoms with Crippen LogP contribution in [0.3, 0.4) is 0 Å². The van der Waals surface area contributed by atoms with Crippen LogP contribution < -0.4 is 0 Å². The Labute approximate surface area is 107 Å². The Morgan fingerprint density at radius 2 is 2.12 bits per heavy atom. The number of hydrogen-bond donors (Lipinski definition) is 0. The highest BCUT2D eigenvalue weighted by Gasteiger charge is 2.28. The van der Waals surface area contributed by atoms with Crippen molar-refractivity contribution >= 4 is 0 Å². The van der Waals surface area contributed by atoms with Gasteiger partial charge >= 0.3 is 0 Å². The van der Waals surface area contributed by atoms with E-state index in [1.54, 1.807) is 0 Å². The minimum absolute atomic E-state index is 0.349. The largest absolute Gasteiger partial charge is 0.487 e. The molecule has 17 heavy (non-hydrogen) atoms. The molecule has 1 rings (SSSR count). The molecule has 1 aliphatic rings. The monoisotopic (exact) mass is 236 g/mol. The molecule has 1 fully saturated rings. The molecular formula is C16H28O. The Kier molecular flexibility index (Phi) is 4.89. The van der Waals surface area contributed by atoms with E-state index >= 15 is 0 Å². The van der Waals surface area contributed by atoms with Gasteiger partial charge in [0.2, 0.25) is 0 Å². The maximum Gasteiger partial charge on any atom is 0.141 e. The third-order valence-electron chi connectivity index (χ3n) is 3.46. The second-order valence-corrected chi connectivity index (χ2v) is 6.85. The van der Waals surface area contributed by atoms with Crippen LogP contribution in [0.15, 0.2) is 18.1 Å². The van der Waals surface area contributed by atoms with Crippen molar-refractivity contribution in [2.45, 2.75) is 66.4 Å². The molecule has 3 atom stereocenters. The lowest BCUT2D eigenvalue weighted by atomic mass is 9.82. The highest BCUT2D eigenvalue weighted by molar-refractivity contribution is 5.02. The number of allylic oxidation sites excluding steroid dienone is 1. The molecule has 0 N–H and O–H groups in total. The van der Waals surface area contributed by atoms with Gasteiger partial charge in [-0.3, -0.25) is 0 Å². The molecule has 0 aromatic rings. The molecule has 98 valence electrons. The highest BCUT2D eigenvalue weighted by atomic mass is 16.5.